The first-order valence-corrected chi connectivity index (χ1v) is 14.0. The van der Waals surface area contributed by atoms with E-state index in [4.69, 9.17) is 9.47 Å². The Bertz CT molecular complexity index is 911. The lowest BCUT2D eigenvalue weighted by atomic mass is 9.98. The highest BCUT2D eigenvalue weighted by atomic mass is 32.2. The fraction of sp³-hybridized carbons (Fsp3) is 0.630. The van der Waals surface area contributed by atoms with E-state index in [9.17, 15) is 19.2 Å². The van der Waals surface area contributed by atoms with Crippen molar-refractivity contribution in [3.8, 4) is 0 Å². The van der Waals surface area contributed by atoms with E-state index in [0.29, 0.717) is 17.7 Å². The maximum Gasteiger partial charge on any atom is 0.408 e. The first kappa shape index (κ1) is 32.3. The maximum atomic E-state index is 13.8. The molecular formula is C27H43N3O6S. The average Bonchev–Trinajstić information content (AvgIpc) is 2.77. The van der Waals surface area contributed by atoms with Crippen molar-refractivity contribution >= 4 is 35.6 Å². The van der Waals surface area contributed by atoms with Crippen LogP contribution in [0.5, 0.6) is 0 Å². The summed E-state index contributed by atoms with van der Waals surface area (Å²) in [5.74, 6) is -0.575. The number of aryl methyl sites for hydroxylation is 2. The van der Waals surface area contributed by atoms with E-state index in [-0.39, 0.29) is 32.0 Å². The second-order valence-corrected chi connectivity index (χ2v) is 10.8. The van der Waals surface area contributed by atoms with Gasteiger partial charge in [-0.15, -0.1) is 0 Å². The molecular weight excluding hydrogens is 494 g/mol. The maximum absolute atomic E-state index is 13.8. The Labute approximate surface area is 225 Å². The van der Waals surface area contributed by atoms with E-state index in [0.717, 1.165) is 11.1 Å². The molecule has 37 heavy (non-hydrogen) atoms. The lowest BCUT2D eigenvalue weighted by Gasteiger charge is -2.34. The van der Waals surface area contributed by atoms with Gasteiger partial charge in [-0.25, -0.2) is 4.79 Å². The van der Waals surface area contributed by atoms with Crippen LogP contribution in [-0.4, -0.2) is 72.1 Å². The third-order valence-electron chi connectivity index (χ3n) is 5.28. The molecule has 10 heteroatoms. The smallest absolute Gasteiger partial charge is 0.408 e. The molecule has 1 aromatic carbocycles. The Morgan fingerprint density at radius 2 is 1.68 bits per heavy atom. The standard InChI is InChI=1S/C27H43N3O6S/c1-9-30(25(33)21(12-14-37-8)29-26(34)36-27(5,6)7)23(20-16-18(3)15-19(4)17-20)24(32)28-13-11-22(31)35-10-2/h15-17,21,23H,9-14H2,1-8H3,(H,28,32)(H,29,34). The molecule has 0 fully saturated rings. The number of likely N-dealkylation sites (N-methyl/N-ethyl adjacent to an activating group) is 1. The van der Waals surface area contributed by atoms with Crippen molar-refractivity contribution in [2.24, 2.45) is 0 Å². The van der Waals surface area contributed by atoms with Crippen LogP contribution < -0.4 is 10.6 Å². The molecule has 0 radical (unpaired) electrons. The number of rotatable bonds is 13. The third kappa shape index (κ3) is 11.5. The summed E-state index contributed by atoms with van der Waals surface area (Å²) in [4.78, 5) is 53.1. The van der Waals surface area contributed by atoms with E-state index in [1.165, 1.54) is 4.90 Å². The predicted molar refractivity (Wildman–Crippen MR) is 146 cm³/mol. The van der Waals surface area contributed by atoms with Gasteiger partial charge >= 0.3 is 12.1 Å². The minimum Gasteiger partial charge on any atom is -0.466 e. The number of hydrogen-bond donors (Lipinski definition) is 2. The topological polar surface area (TPSA) is 114 Å². The molecule has 2 unspecified atom stereocenters. The van der Waals surface area contributed by atoms with Crippen LogP contribution in [0.25, 0.3) is 0 Å². The van der Waals surface area contributed by atoms with Crippen LogP contribution in [0, 0.1) is 13.8 Å². The quantitative estimate of drug-likeness (QED) is 0.367. The molecule has 0 aromatic heterocycles. The zero-order valence-corrected chi connectivity index (χ0v) is 24.3. The largest absolute Gasteiger partial charge is 0.466 e. The lowest BCUT2D eigenvalue weighted by Crippen LogP contribution is -2.53. The molecule has 1 aromatic rings. The van der Waals surface area contributed by atoms with Gasteiger partial charge in [-0.2, -0.15) is 11.8 Å². The van der Waals surface area contributed by atoms with Gasteiger partial charge in [0, 0.05) is 13.1 Å². The van der Waals surface area contributed by atoms with Crippen molar-refractivity contribution in [2.75, 3.05) is 31.7 Å². The van der Waals surface area contributed by atoms with Gasteiger partial charge in [0.1, 0.15) is 17.7 Å². The van der Waals surface area contributed by atoms with Gasteiger partial charge in [-0.3, -0.25) is 14.4 Å². The molecule has 0 aliphatic heterocycles. The summed E-state index contributed by atoms with van der Waals surface area (Å²) in [6.07, 6.45) is 1.63. The van der Waals surface area contributed by atoms with Gasteiger partial charge in [0.2, 0.25) is 11.8 Å². The number of amides is 3. The number of benzene rings is 1. The SMILES string of the molecule is CCOC(=O)CCNC(=O)C(c1cc(C)cc(C)c1)N(CC)C(=O)C(CCSC)NC(=O)OC(C)(C)C. The zero-order valence-electron chi connectivity index (χ0n) is 23.4. The van der Waals surface area contributed by atoms with Gasteiger partial charge in [0.05, 0.1) is 13.0 Å². The van der Waals surface area contributed by atoms with Gasteiger partial charge in [-0.1, -0.05) is 29.3 Å². The molecule has 1 rings (SSSR count). The predicted octanol–water partition coefficient (Wildman–Crippen LogP) is 3.91. The van der Waals surface area contributed by atoms with Gasteiger partial charge in [0.25, 0.3) is 0 Å². The summed E-state index contributed by atoms with van der Waals surface area (Å²) in [6.45, 7) is 13.2. The highest BCUT2D eigenvalue weighted by Crippen LogP contribution is 2.25. The molecule has 0 heterocycles. The number of hydrogen-bond acceptors (Lipinski definition) is 7. The summed E-state index contributed by atoms with van der Waals surface area (Å²) < 4.78 is 10.3. The van der Waals surface area contributed by atoms with E-state index in [1.807, 2.05) is 38.3 Å². The molecule has 0 saturated heterocycles. The first-order valence-electron chi connectivity index (χ1n) is 12.6. The van der Waals surface area contributed by atoms with Crippen LogP contribution in [0.2, 0.25) is 0 Å². The van der Waals surface area contributed by atoms with Crippen molar-refractivity contribution in [2.45, 2.75) is 79.0 Å². The number of thioether (sulfide) groups is 1. The average molecular weight is 538 g/mol. The van der Waals surface area contributed by atoms with Crippen LogP contribution in [0.4, 0.5) is 4.79 Å². The first-order chi connectivity index (χ1) is 17.3. The van der Waals surface area contributed by atoms with Crippen molar-refractivity contribution in [1.82, 2.24) is 15.5 Å². The van der Waals surface area contributed by atoms with Crippen LogP contribution in [0.15, 0.2) is 18.2 Å². The monoisotopic (exact) mass is 537 g/mol. The fourth-order valence-electron chi connectivity index (χ4n) is 3.87. The summed E-state index contributed by atoms with van der Waals surface area (Å²) in [6, 6.07) is 3.91. The van der Waals surface area contributed by atoms with E-state index >= 15 is 0 Å². The van der Waals surface area contributed by atoms with Crippen molar-refractivity contribution < 1.29 is 28.7 Å². The number of carbonyl (C=O) groups excluding carboxylic acids is 4. The van der Waals surface area contributed by atoms with E-state index in [2.05, 4.69) is 10.6 Å². The van der Waals surface area contributed by atoms with E-state index in [1.54, 1.807) is 46.4 Å². The molecule has 2 N–H and O–H groups in total. The van der Waals surface area contributed by atoms with Crippen LogP contribution in [-0.2, 0) is 23.9 Å². The number of alkyl carbamates (subject to hydrolysis) is 1. The van der Waals surface area contributed by atoms with Gasteiger partial charge in [0.15, 0.2) is 0 Å². The molecule has 208 valence electrons. The molecule has 3 amide bonds. The van der Waals surface area contributed by atoms with Crippen molar-refractivity contribution in [3.63, 3.8) is 0 Å². The summed E-state index contributed by atoms with van der Waals surface area (Å²) >= 11 is 1.55. The summed E-state index contributed by atoms with van der Waals surface area (Å²) in [5.41, 5.74) is 1.84. The number of carbonyl (C=O) groups is 4. The normalized spacial score (nSPS) is 12.8. The molecule has 2 atom stereocenters. The number of esters is 1. The Kier molecular flexibility index (Phi) is 13.5. The number of nitrogens with one attached hydrogen (secondary N) is 2. The Balaban J connectivity index is 3.32. The van der Waals surface area contributed by atoms with Gasteiger partial charge < -0.3 is 25.0 Å². The van der Waals surface area contributed by atoms with E-state index < -0.39 is 35.7 Å². The van der Waals surface area contributed by atoms with Crippen molar-refractivity contribution in [3.05, 3.63) is 34.9 Å². The minimum atomic E-state index is -0.949. The number of ether oxygens (including phenoxy) is 2. The second-order valence-electron chi connectivity index (χ2n) is 9.77. The fourth-order valence-corrected chi connectivity index (χ4v) is 4.34. The molecule has 0 aliphatic carbocycles. The number of nitrogens with zero attached hydrogens (tertiary/aromatic N) is 1. The van der Waals surface area contributed by atoms with Crippen LogP contribution >= 0.6 is 11.8 Å². The Morgan fingerprint density at radius 3 is 2.19 bits per heavy atom. The molecule has 9 nitrogen and oxygen atoms in total. The highest BCUT2D eigenvalue weighted by Gasteiger charge is 2.35. The lowest BCUT2D eigenvalue weighted by molar-refractivity contribution is -0.144. The zero-order chi connectivity index (χ0) is 28.2. The summed E-state index contributed by atoms with van der Waals surface area (Å²) in [5, 5.41) is 5.49. The van der Waals surface area contributed by atoms with Crippen LogP contribution in [0.1, 0.15) is 70.2 Å². The van der Waals surface area contributed by atoms with Crippen LogP contribution in [0.3, 0.4) is 0 Å². The Hall–Kier alpha value is -2.75. The second kappa shape index (κ2) is 15.5. The highest BCUT2D eigenvalue weighted by molar-refractivity contribution is 7.98. The molecule has 0 aliphatic rings. The minimum absolute atomic E-state index is 0.0236. The molecule has 0 bridgehead atoms. The Morgan fingerprint density at radius 1 is 1.05 bits per heavy atom. The third-order valence-corrected chi connectivity index (χ3v) is 5.92. The van der Waals surface area contributed by atoms with Gasteiger partial charge in [-0.05, 0) is 72.5 Å². The molecule has 0 saturated carbocycles. The summed E-state index contributed by atoms with van der Waals surface area (Å²) in [7, 11) is 0. The van der Waals surface area contributed by atoms with Crippen molar-refractivity contribution in [1.29, 1.82) is 0 Å². The molecule has 0 spiro atoms.